The molecule has 0 bridgehead atoms. The van der Waals surface area contributed by atoms with Crippen molar-refractivity contribution in [2.45, 2.75) is 38.9 Å². The van der Waals surface area contributed by atoms with Crippen LogP contribution in [-0.2, 0) is 17.9 Å². The second-order valence-corrected chi connectivity index (χ2v) is 7.08. The molecule has 5 nitrogen and oxygen atoms in total. The Balaban J connectivity index is 1.61. The largest absolute Gasteiger partial charge is 0.334 e. The number of aromatic nitrogens is 2. The summed E-state index contributed by atoms with van der Waals surface area (Å²) >= 11 is 0. The molecule has 28 heavy (non-hydrogen) atoms. The highest BCUT2D eigenvalue weighted by molar-refractivity contribution is 5.83. The highest BCUT2D eigenvalue weighted by atomic mass is 19.1. The second-order valence-electron chi connectivity index (χ2n) is 7.08. The van der Waals surface area contributed by atoms with E-state index in [0.717, 1.165) is 29.0 Å². The first-order valence-electron chi connectivity index (χ1n) is 9.14. The molecule has 3 aromatic rings. The first kappa shape index (κ1) is 18.3. The van der Waals surface area contributed by atoms with Crippen molar-refractivity contribution in [1.82, 2.24) is 14.7 Å². The number of nitrogens with zero attached hydrogens (tertiary/aromatic N) is 3. The highest BCUT2D eigenvalue weighted by Gasteiger charge is 2.33. The summed E-state index contributed by atoms with van der Waals surface area (Å²) in [6.45, 7) is 1.61. The van der Waals surface area contributed by atoms with E-state index in [0.29, 0.717) is 11.1 Å². The summed E-state index contributed by atoms with van der Waals surface area (Å²) in [5.74, 6) is -1.65. The van der Waals surface area contributed by atoms with Crippen molar-refractivity contribution in [3.05, 3.63) is 75.7 Å². The molecule has 2 aromatic carbocycles. The maximum Gasteiger partial charge on any atom is 0.275 e. The van der Waals surface area contributed by atoms with Crippen LogP contribution in [0, 0.1) is 18.6 Å². The van der Waals surface area contributed by atoms with E-state index in [2.05, 4.69) is 5.10 Å². The molecule has 0 spiro atoms. The number of aryl methyl sites for hydroxylation is 1. The number of hydrogen-bond donors (Lipinski definition) is 0. The van der Waals surface area contributed by atoms with Crippen molar-refractivity contribution < 1.29 is 13.6 Å². The number of fused-ring (bicyclic) bond motifs is 1. The third kappa shape index (κ3) is 3.52. The van der Waals surface area contributed by atoms with E-state index >= 15 is 0 Å². The quantitative estimate of drug-likeness (QED) is 0.680. The number of rotatable bonds is 5. The van der Waals surface area contributed by atoms with Gasteiger partial charge in [-0.3, -0.25) is 9.59 Å². The van der Waals surface area contributed by atoms with Gasteiger partial charge in [-0.15, -0.1) is 0 Å². The summed E-state index contributed by atoms with van der Waals surface area (Å²) in [5.41, 5.74) is 0.570. The van der Waals surface area contributed by atoms with E-state index < -0.39 is 11.6 Å². The third-order valence-electron chi connectivity index (χ3n) is 5.00. The summed E-state index contributed by atoms with van der Waals surface area (Å²) in [6, 6.07) is 10.5. The first-order valence-corrected chi connectivity index (χ1v) is 9.14. The van der Waals surface area contributed by atoms with Gasteiger partial charge in [0.15, 0.2) is 0 Å². The van der Waals surface area contributed by atoms with Gasteiger partial charge in [0.2, 0.25) is 5.91 Å². The maximum atomic E-state index is 14.0. The van der Waals surface area contributed by atoms with E-state index in [4.69, 9.17) is 0 Å². The Morgan fingerprint density at radius 3 is 2.57 bits per heavy atom. The minimum atomic E-state index is -0.685. The standard InChI is InChI=1S/C21H19F2N3O2/c1-13-17-4-2-3-5-18(17)21(28)26(24-13)12-20(27)25(16-8-9-16)11-14-6-7-15(22)10-19(14)23/h2-7,10,16H,8-9,11-12H2,1H3. The molecular weight excluding hydrogens is 364 g/mol. The predicted octanol–water partition coefficient (Wildman–Crippen LogP) is 3.17. The lowest BCUT2D eigenvalue weighted by molar-refractivity contribution is -0.133. The minimum Gasteiger partial charge on any atom is -0.334 e. The summed E-state index contributed by atoms with van der Waals surface area (Å²) in [7, 11) is 0. The van der Waals surface area contributed by atoms with Gasteiger partial charge in [-0.2, -0.15) is 5.10 Å². The average Bonchev–Trinajstić information content (AvgIpc) is 3.50. The predicted molar refractivity (Wildman–Crippen MR) is 101 cm³/mol. The molecule has 1 amide bonds. The molecule has 0 saturated heterocycles. The van der Waals surface area contributed by atoms with Gasteiger partial charge in [-0.25, -0.2) is 13.5 Å². The number of carbonyl (C=O) groups is 1. The zero-order valence-electron chi connectivity index (χ0n) is 15.4. The Bertz CT molecular complexity index is 1120. The molecule has 0 radical (unpaired) electrons. The summed E-state index contributed by atoms with van der Waals surface area (Å²) in [6.07, 6.45) is 1.65. The van der Waals surface area contributed by atoms with Crippen LogP contribution in [0.1, 0.15) is 24.1 Å². The topological polar surface area (TPSA) is 55.2 Å². The van der Waals surface area contributed by atoms with Crippen LogP contribution in [0.2, 0.25) is 0 Å². The molecule has 0 aliphatic heterocycles. The van der Waals surface area contributed by atoms with Gasteiger partial charge in [0.1, 0.15) is 18.2 Å². The third-order valence-corrected chi connectivity index (χ3v) is 5.00. The van der Waals surface area contributed by atoms with E-state index in [9.17, 15) is 18.4 Å². The number of hydrogen-bond acceptors (Lipinski definition) is 3. The van der Waals surface area contributed by atoms with Gasteiger partial charge in [-0.1, -0.05) is 24.3 Å². The number of halogens is 2. The fraction of sp³-hybridized carbons (Fsp3) is 0.286. The SMILES string of the molecule is Cc1nn(CC(=O)N(Cc2ccc(F)cc2F)C2CC2)c(=O)c2ccccc12. The zero-order chi connectivity index (χ0) is 19.8. The molecule has 4 rings (SSSR count). The molecule has 7 heteroatoms. The second kappa shape index (κ2) is 7.14. The van der Waals surface area contributed by atoms with Gasteiger partial charge in [-0.05, 0) is 31.9 Å². The van der Waals surface area contributed by atoms with Crippen LogP contribution in [0.25, 0.3) is 10.8 Å². The lowest BCUT2D eigenvalue weighted by Gasteiger charge is -2.23. The fourth-order valence-corrected chi connectivity index (χ4v) is 3.37. The summed E-state index contributed by atoms with van der Waals surface area (Å²) < 4.78 is 28.3. The van der Waals surface area contributed by atoms with Crippen molar-refractivity contribution in [2.75, 3.05) is 0 Å². The number of benzene rings is 2. The maximum absolute atomic E-state index is 14.0. The molecule has 1 aromatic heterocycles. The normalized spacial score (nSPS) is 13.7. The summed E-state index contributed by atoms with van der Waals surface area (Å²) in [5, 5.41) is 5.53. The molecular formula is C21H19F2N3O2. The lowest BCUT2D eigenvalue weighted by atomic mass is 10.1. The monoisotopic (exact) mass is 383 g/mol. The van der Waals surface area contributed by atoms with Gasteiger partial charge in [0.05, 0.1) is 11.1 Å². The summed E-state index contributed by atoms with van der Waals surface area (Å²) in [4.78, 5) is 27.2. The van der Waals surface area contributed by atoms with Crippen molar-refractivity contribution in [2.24, 2.45) is 0 Å². The Morgan fingerprint density at radius 1 is 1.18 bits per heavy atom. The van der Waals surface area contributed by atoms with Gasteiger partial charge >= 0.3 is 0 Å². The van der Waals surface area contributed by atoms with Gasteiger partial charge in [0, 0.05) is 29.6 Å². The molecule has 1 heterocycles. The highest BCUT2D eigenvalue weighted by Crippen LogP contribution is 2.29. The van der Waals surface area contributed by atoms with Crippen molar-refractivity contribution in [3.8, 4) is 0 Å². The molecule has 0 unspecified atom stereocenters. The zero-order valence-corrected chi connectivity index (χ0v) is 15.4. The first-order chi connectivity index (χ1) is 13.4. The van der Waals surface area contributed by atoms with Crippen LogP contribution >= 0.6 is 0 Å². The minimum absolute atomic E-state index is 0.00853. The smallest absolute Gasteiger partial charge is 0.275 e. The van der Waals surface area contributed by atoms with Crippen molar-refractivity contribution in [3.63, 3.8) is 0 Å². The van der Waals surface area contributed by atoms with Crippen LogP contribution in [0.4, 0.5) is 8.78 Å². The van der Waals surface area contributed by atoms with E-state index in [1.807, 2.05) is 12.1 Å². The van der Waals surface area contributed by atoms with Crippen LogP contribution in [0.5, 0.6) is 0 Å². The number of carbonyl (C=O) groups excluding carboxylic acids is 1. The van der Waals surface area contributed by atoms with E-state index in [1.165, 1.54) is 12.1 Å². The van der Waals surface area contributed by atoms with Crippen LogP contribution in [0.3, 0.4) is 0 Å². The van der Waals surface area contributed by atoms with Gasteiger partial charge in [0.25, 0.3) is 5.56 Å². The van der Waals surface area contributed by atoms with Crippen LogP contribution in [-0.4, -0.2) is 26.6 Å². The molecule has 1 saturated carbocycles. The van der Waals surface area contributed by atoms with E-state index in [-0.39, 0.29) is 36.2 Å². The van der Waals surface area contributed by atoms with Crippen molar-refractivity contribution >= 4 is 16.7 Å². The van der Waals surface area contributed by atoms with Crippen molar-refractivity contribution in [1.29, 1.82) is 0 Å². The molecule has 0 atom stereocenters. The Morgan fingerprint density at radius 2 is 1.89 bits per heavy atom. The molecule has 144 valence electrons. The Hall–Kier alpha value is -3.09. The molecule has 0 N–H and O–H groups in total. The average molecular weight is 383 g/mol. The molecule has 1 aliphatic rings. The van der Waals surface area contributed by atoms with Crippen LogP contribution in [0.15, 0.2) is 47.3 Å². The fourth-order valence-electron chi connectivity index (χ4n) is 3.37. The lowest BCUT2D eigenvalue weighted by Crippen LogP contribution is -2.38. The van der Waals surface area contributed by atoms with Gasteiger partial charge < -0.3 is 4.90 Å². The molecule has 1 fully saturated rings. The van der Waals surface area contributed by atoms with E-state index in [1.54, 1.807) is 24.0 Å². The molecule has 1 aliphatic carbocycles. The Labute approximate surface area is 160 Å². The Kier molecular flexibility index (Phi) is 4.66. The number of amides is 1. The van der Waals surface area contributed by atoms with Crippen LogP contribution < -0.4 is 5.56 Å².